The maximum atomic E-state index is 12.7. The van der Waals surface area contributed by atoms with Crippen LogP contribution in [0.2, 0.25) is 0 Å². The number of aliphatic hydroxyl groups is 1. The van der Waals surface area contributed by atoms with Crippen LogP contribution in [0.15, 0.2) is 54.6 Å². The van der Waals surface area contributed by atoms with E-state index < -0.39 is 5.60 Å². The Morgan fingerprint density at radius 2 is 1.63 bits per heavy atom. The van der Waals surface area contributed by atoms with E-state index in [1.165, 1.54) is 11.1 Å². The lowest BCUT2D eigenvalue weighted by Gasteiger charge is -2.37. The van der Waals surface area contributed by atoms with Crippen molar-refractivity contribution in [3.05, 3.63) is 65.7 Å². The van der Waals surface area contributed by atoms with E-state index in [9.17, 15) is 9.90 Å². The quantitative estimate of drug-likeness (QED) is 0.861. The lowest BCUT2D eigenvalue weighted by Crippen LogP contribution is -2.51. The molecule has 2 N–H and O–H groups in total. The Labute approximate surface area is 162 Å². The van der Waals surface area contributed by atoms with Gasteiger partial charge in [-0.25, -0.2) is 0 Å². The molecule has 2 aromatic rings. The number of carbonyl (C=O) groups is 1. The van der Waals surface area contributed by atoms with Crippen LogP contribution < -0.4 is 5.32 Å². The number of nitrogens with one attached hydrogen (secondary N) is 1. The number of likely N-dealkylation sites (tertiary alicyclic amines) is 1. The van der Waals surface area contributed by atoms with Gasteiger partial charge in [0, 0.05) is 25.3 Å². The molecule has 0 saturated carbocycles. The smallest absolute Gasteiger partial charge is 0.256 e. The highest BCUT2D eigenvalue weighted by atomic mass is 16.3. The van der Waals surface area contributed by atoms with Gasteiger partial charge in [-0.1, -0.05) is 63.2 Å². The lowest BCUT2D eigenvalue weighted by molar-refractivity contribution is -0.139. The monoisotopic (exact) mass is 366 g/mol. The van der Waals surface area contributed by atoms with Gasteiger partial charge in [-0.2, -0.15) is 0 Å². The molecule has 0 spiro atoms. The first-order chi connectivity index (χ1) is 12.8. The molecule has 1 amide bonds. The van der Waals surface area contributed by atoms with E-state index in [0.717, 1.165) is 12.2 Å². The molecule has 4 nitrogen and oxygen atoms in total. The van der Waals surface area contributed by atoms with Crippen molar-refractivity contribution in [2.24, 2.45) is 0 Å². The molecular weight excluding hydrogens is 336 g/mol. The Morgan fingerprint density at radius 1 is 1.04 bits per heavy atom. The number of rotatable bonds is 4. The Bertz CT molecular complexity index is 755. The Morgan fingerprint density at radius 3 is 2.19 bits per heavy atom. The maximum Gasteiger partial charge on any atom is 0.256 e. The molecule has 0 radical (unpaired) electrons. The number of anilines is 1. The molecule has 27 heavy (non-hydrogen) atoms. The molecule has 1 aliphatic heterocycles. The Balaban J connectivity index is 1.56. The van der Waals surface area contributed by atoms with Crippen LogP contribution in [-0.4, -0.2) is 34.6 Å². The van der Waals surface area contributed by atoms with Crippen molar-refractivity contribution in [1.29, 1.82) is 0 Å². The van der Waals surface area contributed by atoms with E-state index in [1.807, 2.05) is 42.5 Å². The molecule has 1 fully saturated rings. The predicted molar refractivity (Wildman–Crippen MR) is 110 cm³/mol. The summed E-state index contributed by atoms with van der Waals surface area (Å²) >= 11 is 0. The lowest BCUT2D eigenvalue weighted by atomic mass is 9.87. The number of amides is 1. The molecule has 0 aliphatic carbocycles. The minimum absolute atomic E-state index is 0.0757. The van der Waals surface area contributed by atoms with Crippen LogP contribution in [0.3, 0.4) is 0 Å². The summed E-state index contributed by atoms with van der Waals surface area (Å²) in [6.07, 6.45) is 0.900. The standard InChI is InChI=1S/C23H30N2O2/c1-22(2,3)19-9-11-20(12-10-19)24-21(26)23(27)13-15-25(16-14-23)17-18-7-5-4-6-8-18/h4-12,27H,13-17H2,1-3H3,(H,24,26). The first kappa shape index (κ1) is 19.6. The fourth-order valence-corrected chi connectivity index (χ4v) is 3.45. The van der Waals surface area contributed by atoms with Gasteiger partial charge < -0.3 is 10.4 Å². The van der Waals surface area contributed by atoms with E-state index in [1.54, 1.807) is 0 Å². The van der Waals surface area contributed by atoms with Gasteiger partial charge in [0.2, 0.25) is 0 Å². The molecule has 0 unspecified atom stereocenters. The molecule has 1 saturated heterocycles. The SMILES string of the molecule is CC(C)(C)c1ccc(NC(=O)C2(O)CCN(Cc3ccccc3)CC2)cc1. The van der Waals surface area contributed by atoms with E-state index in [2.05, 4.69) is 43.1 Å². The molecule has 0 atom stereocenters. The number of piperidine rings is 1. The molecule has 0 aromatic heterocycles. The van der Waals surface area contributed by atoms with Gasteiger partial charge in [-0.05, 0) is 41.5 Å². The van der Waals surface area contributed by atoms with E-state index >= 15 is 0 Å². The molecule has 4 heteroatoms. The summed E-state index contributed by atoms with van der Waals surface area (Å²) in [5.41, 5.74) is 1.98. The highest BCUT2D eigenvalue weighted by Crippen LogP contribution is 2.27. The molecule has 2 aromatic carbocycles. The third-order valence-electron chi connectivity index (χ3n) is 5.36. The zero-order valence-corrected chi connectivity index (χ0v) is 16.5. The molecule has 1 heterocycles. The fourth-order valence-electron chi connectivity index (χ4n) is 3.45. The van der Waals surface area contributed by atoms with Crippen molar-refractivity contribution in [3.63, 3.8) is 0 Å². The topological polar surface area (TPSA) is 52.6 Å². The fraction of sp³-hybridized carbons (Fsp3) is 0.435. The zero-order valence-electron chi connectivity index (χ0n) is 16.5. The van der Waals surface area contributed by atoms with Crippen molar-refractivity contribution < 1.29 is 9.90 Å². The number of hydrogen-bond acceptors (Lipinski definition) is 3. The van der Waals surface area contributed by atoms with Crippen LogP contribution in [0.5, 0.6) is 0 Å². The highest BCUT2D eigenvalue weighted by Gasteiger charge is 2.39. The van der Waals surface area contributed by atoms with Crippen molar-refractivity contribution in [2.75, 3.05) is 18.4 Å². The van der Waals surface area contributed by atoms with Crippen molar-refractivity contribution >= 4 is 11.6 Å². The van der Waals surface area contributed by atoms with Gasteiger partial charge in [0.1, 0.15) is 5.60 Å². The average molecular weight is 367 g/mol. The number of hydrogen-bond donors (Lipinski definition) is 2. The van der Waals surface area contributed by atoms with E-state index in [4.69, 9.17) is 0 Å². The molecule has 0 bridgehead atoms. The Hall–Kier alpha value is -2.17. The van der Waals surface area contributed by atoms with Gasteiger partial charge in [-0.3, -0.25) is 9.69 Å². The van der Waals surface area contributed by atoms with Crippen LogP contribution in [-0.2, 0) is 16.8 Å². The minimum Gasteiger partial charge on any atom is -0.380 e. The van der Waals surface area contributed by atoms with Crippen molar-refractivity contribution in [2.45, 2.75) is 51.2 Å². The third-order valence-corrected chi connectivity index (χ3v) is 5.36. The zero-order chi connectivity index (χ0) is 19.5. The predicted octanol–water partition coefficient (Wildman–Crippen LogP) is 3.95. The van der Waals surface area contributed by atoms with Crippen molar-refractivity contribution in [3.8, 4) is 0 Å². The molecule has 1 aliphatic rings. The van der Waals surface area contributed by atoms with E-state index in [0.29, 0.717) is 25.9 Å². The first-order valence-corrected chi connectivity index (χ1v) is 9.67. The number of nitrogens with zero attached hydrogens (tertiary/aromatic N) is 1. The molecule has 3 rings (SSSR count). The summed E-state index contributed by atoms with van der Waals surface area (Å²) in [7, 11) is 0. The number of benzene rings is 2. The second kappa shape index (κ2) is 7.83. The summed E-state index contributed by atoms with van der Waals surface area (Å²) in [6, 6.07) is 18.2. The molecular formula is C23H30N2O2. The van der Waals surface area contributed by atoms with Crippen LogP contribution in [0, 0.1) is 0 Å². The average Bonchev–Trinajstić information content (AvgIpc) is 2.64. The molecule has 144 valence electrons. The maximum absolute atomic E-state index is 12.7. The Kier molecular flexibility index (Phi) is 5.68. The van der Waals surface area contributed by atoms with Crippen molar-refractivity contribution in [1.82, 2.24) is 4.90 Å². The van der Waals surface area contributed by atoms with Crippen LogP contribution in [0.1, 0.15) is 44.7 Å². The number of carbonyl (C=O) groups excluding carboxylic acids is 1. The third kappa shape index (κ3) is 4.96. The minimum atomic E-state index is -1.30. The van der Waals surface area contributed by atoms with Gasteiger partial charge >= 0.3 is 0 Å². The first-order valence-electron chi connectivity index (χ1n) is 9.67. The second-order valence-corrected chi connectivity index (χ2v) is 8.57. The normalized spacial score (nSPS) is 17.5. The van der Waals surface area contributed by atoms with Crippen LogP contribution in [0.25, 0.3) is 0 Å². The van der Waals surface area contributed by atoms with Gasteiger partial charge in [0.25, 0.3) is 5.91 Å². The largest absolute Gasteiger partial charge is 0.380 e. The summed E-state index contributed by atoms with van der Waals surface area (Å²) in [5.74, 6) is -0.301. The summed E-state index contributed by atoms with van der Waals surface area (Å²) in [5, 5.41) is 13.7. The summed E-state index contributed by atoms with van der Waals surface area (Å²) < 4.78 is 0. The van der Waals surface area contributed by atoms with Crippen LogP contribution in [0.4, 0.5) is 5.69 Å². The van der Waals surface area contributed by atoms with Crippen LogP contribution >= 0.6 is 0 Å². The summed E-state index contributed by atoms with van der Waals surface area (Å²) in [6.45, 7) is 8.75. The van der Waals surface area contributed by atoms with E-state index in [-0.39, 0.29) is 11.3 Å². The summed E-state index contributed by atoms with van der Waals surface area (Å²) in [4.78, 5) is 14.9. The van der Waals surface area contributed by atoms with Gasteiger partial charge in [0.05, 0.1) is 0 Å². The highest BCUT2D eigenvalue weighted by molar-refractivity contribution is 5.97. The van der Waals surface area contributed by atoms with Gasteiger partial charge in [0.15, 0.2) is 0 Å². The van der Waals surface area contributed by atoms with Gasteiger partial charge in [-0.15, -0.1) is 0 Å². The second-order valence-electron chi connectivity index (χ2n) is 8.57.